The van der Waals surface area contributed by atoms with Crippen molar-refractivity contribution in [1.29, 1.82) is 0 Å². The zero-order chi connectivity index (χ0) is 14.1. The number of carboxylic acid groups (broad SMARTS) is 1. The van der Waals surface area contributed by atoms with Crippen LogP contribution in [0.2, 0.25) is 0 Å². The molecule has 0 saturated carbocycles. The summed E-state index contributed by atoms with van der Waals surface area (Å²) in [7, 11) is 0. The molecule has 5 heteroatoms. The molecule has 0 unspecified atom stereocenters. The maximum absolute atomic E-state index is 11.3. The van der Waals surface area contributed by atoms with Crippen LogP contribution in [-0.2, 0) is 9.59 Å². The second-order valence-electron chi connectivity index (χ2n) is 3.89. The molecule has 1 aromatic carbocycles. The molecule has 0 radical (unpaired) electrons. The van der Waals surface area contributed by atoms with E-state index in [0.717, 1.165) is 30.7 Å². The van der Waals surface area contributed by atoms with Crippen LogP contribution in [0.3, 0.4) is 0 Å². The Balaban J connectivity index is 2.47. The van der Waals surface area contributed by atoms with E-state index in [1.165, 1.54) is 0 Å². The Kier molecular flexibility index (Phi) is 6.15. The van der Waals surface area contributed by atoms with Gasteiger partial charge in [-0.15, -0.1) is 0 Å². The molecule has 0 saturated heterocycles. The van der Waals surface area contributed by atoms with E-state index in [1.807, 2.05) is 0 Å². The van der Waals surface area contributed by atoms with E-state index < -0.39 is 11.9 Å². The highest BCUT2D eigenvalue weighted by Gasteiger charge is 1.99. The lowest BCUT2D eigenvalue weighted by Crippen LogP contribution is -2.08. The average molecular weight is 263 g/mol. The fourth-order valence-electron chi connectivity index (χ4n) is 1.30. The highest BCUT2D eigenvalue weighted by molar-refractivity contribution is 6.02. The molecule has 0 aliphatic rings. The van der Waals surface area contributed by atoms with E-state index in [1.54, 1.807) is 24.3 Å². The quantitative estimate of drug-likeness (QED) is 0.585. The van der Waals surface area contributed by atoms with E-state index in [0.29, 0.717) is 12.3 Å². The highest BCUT2D eigenvalue weighted by atomic mass is 16.5. The first-order chi connectivity index (χ1) is 9.11. The van der Waals surface area contributed by atoms with Crippen LogP contribution in [0.5, 0.6) is 5.75 Å². The Hall–Kier alpha value is -2.30. The van der Waals surface area contributed by atoms with Gasteiger partial charge in [-0.3, -0.25) is 4.79 Å². The largest absolute Gasteiger partial charge is 0.494 e. The van der Waals surface area contributed by atoms with E-state index in [4.69, 9.17) is 9.84 Å². The summed E-state index contributed by atoms with van der Waals surface area (Å²) in [5, 5.41) is 10.9. The molecule has 0 spiro atoms. The molecule has 0 fully saturated rings. The smallest absolute Gasteiger partial charge is 0.328 e. The summed E-state index contributed by atoms with van der Waals surface area (Å²) < 4.78 is 5.48. The third-order valence-electron chi connectivity index (χ3n) is 2.27. The zero-order valence-electron chi connectivity index (χ0n) is 10.8. The fraction of sp³-hybridized carbons (Fsp3) is 0.286. The number of carbonyl (C=O) groups is 2. The molecule has 102 valence electrons. The first kappa shape index (κ1) is 14.8. The van der Waals surface area contributed by atoms with Crippen molar-refractivity contribution >= 4 is 17.6 Å². The number of hydrogen-bond acceptors (Lipinski definition) is 3. The van der Waals surface area contributed by atoms with Crippen molar-refractivity contribution in [3.63, 3.8) is 0 Å². The standard InChI is InChI=1S/C14H17NO4/c1-2-3-10-19-12-6-4-11(5-7-12)15-13(16)8-9-14(17)18/h4-9H,2-3,10H2,1H3,(H,15,16)(H,17,18). The number of rotatable bonds is 7. The van der Waals surface area contributed by atoms with Gasteiger partial charge in [0.05, 0.1) is 6.61 Å². The van der Waals surface area contributed by atoms with Gasteiger partial charge in [0.1, 0.15) is 5.75 Å². The predicted molar refractivity (Wildman–Crippen MR) is 72.3 cm³/mol. The van der Waals surface area contributed by atoms with Gasteiger partial charge in [-0.1, -0.05) is 13.3 Å². The van der Waals surface area contributed by atoms with Crippen LogP contribution in [0.4, 0.5) is 5.69 Å². The van der Waals surface area contributed by atoms with Crippen LogP contribution in [0.25, 0.3) is 0 Å². The van der Waals surface area contributed by atoms with Gasteiger partial charge < -0.3 is 15.2 Å². The van der Waals surface area contributed by atoms with Gasteiger partial charge >= 0.3 is 5.97 Å². The molecule has 0 aromatic heterocycles. The number of unbranched alkanes of at least 4 members (excludes halogenated alkanes) is 1. The van der Waals surface area contributed by atoms with E-state index >= 15 is 0 Å². The van der Waals surface area contributed by atoms with Gasteiger partial charge in [0, 0.05) is 17.8 Å². The molecule has 0 bridgehead atoms. The Morgan fingerprint density at radius 2 is 1.95 bits per heavy atom. The lowest BCUT2D eigenvalue weighted by Gasteiger charge is -2.06. The molecular weight excluding hydrogens is 246 g/mol. The molecule has 0 heterocycles. The van der Waals surface area contributed by atoms with Crippen molar-refractivity contribution < 1.29 is 19.4 Å². The minimum Gasteiger partial charge on any atom is -0.494 e. The van der Waals surface area contributed by atoms with Crippen LogP contribution >= 0.6 is 0 Å². The van der Waals surface area contributed by atoms with E-state index in [-0.39, 0.29) is 0 Å². The zero-order valence-corrected chi connectivity index (χ0v) is 10.8. The molecule has 1 aromatic rings. The highest BCUT2D eigenvalue weighted by Crippen LogP contribution is 2.16. The predicted octanol–water partition coefficient (Wildman–Crippen LogP) is 2.44. The lowest BCUT2D eigenvalue weighted by molar-refractivity contribution is -0.131. The van der Waals surface area contributed by atoms with Gasteiger partial charge in [0.2, 0.25) is 5.91 Å². The van der Waals surface area contributed by atoms with Gasteiger partial charge in [-0.25, -0.2) is 4.79 Å². The molecule has 1 amide bonds. The van der Waals surface area contributed by atoms with E-state index in [2.05, 4.69) is 12.2 Å². The summed E-state index contributed by atoms with van der Waals surface area (Å²) in [5.41, 5.74) is 0.586. The van der Waals surface area contributed by atoms with Crippen molar-refractivity contribution in [3.05, 3.63) is 36.4 Å². The van der Waals surface area contributed by atoms with E-state index in [9.17, 15) is 9.59 Å². The third kappa shape index (κ3) is 6.26. The first-order valence-electron chi connectivity index (χ1n) is 6.06. The Morgan fingerprint density at radius 1 is 1.26 bits per heavy atom. The lowest BCUT2D eigenvalue weighted by atomic mass is 10.3. The van der Waals surface area contributed by atoms with Crippen molar-refractivity contribution in [2.75, 3.05) is 11.9 Å². The molecule has 0 aliphatic heterocycles. The Labute approximate surface area is 111 Å². The monoisotopic (exact) mass is 263 g/mol. The summed E-state index contributed by atoms with van der Waals surface area (Å²) >= 11 is 0. The minimum atomic E-state index is -1.16. The van der Waals surface area contributed by atoms with Crippen molar-refractivity contribution in [1.82, 2.24) is 0 Å². The number of carbonyl (C=O) groups excluding carboxylic acids is 1. The average Bonchev–Trinajstić information content (AvgIpc) is 2.39. The molecular formula is C14H17NO4. The number of nitrogens with one attached hydrogen (secondary N) is 1. The van der Waals surface area contributed by atoms with Gasteiger partial charge in [0.15, 0.2) is 0 Å². The first-order valence-corrected chi connectivity index (χ1v) is 6.06. The summed E-state index contributed by atoms with van der Waals surface area (Å²) in [6, 6.07) is 6.92. The van der Waals surface area contributed by atoms with Crippen molar-refractivity contribution in [2.45, 2.75) is 19.8 Å². The van der Waals surface area contributed by atoms with Crippen LogP contribution < -0.4 is 10.1 Å². The maximum atomic E-state index is 11.3. The molecule has 0 atom stereocenters. The number of carboxylic acids is 1. The Morgan fingerprint density at radius 3 is 2.53 bits per heavy atom. The summed E-state index contributed by atoms with van der Waals surface area (Å²) in [5.74, 6) is -0.899. The number of benzene rings is 1. The number of anilines is 1. The van der Waals surface area contributed by atoms with Crippen molar-refractivity contribution in [3.8, 4) is 5.75 Å². The number of hydrogen-bond donors (Lipinski definition) is 2. The van der Waals surface area contributed by atoms with Gasteiger partial charge in [0.25, 0.3) is 0 Å². The number of amides is 1. The second kappa shape index (κ2) is 7.92. The topological polar surface area (TPSA) is 75.6 Å². The fourth-order valence-corrected chi connectivity index (χ4v) is 1.30. The number of aliphatic carboxylic acids is 1. The molecule has 19 heavy (non-hydrogen) atoms. The molecule has 2 N–H and O–H groups in total. The van der Waals surface area contributed by atoms with Gasteiger partial charge in [-0.05, 0) is 30.7 Å². The summed E-state index contributed by atoms with van der Waals surface area (Å²) in [4.78, 5) is 21.6. The summed E-state index contributed by atoms with van der Waals surface area (Å²) in [6.07, 6.45) is 3.83. The SMILES string of the molecule is CCCCOc1ccc(NC(=O)C=CC(=O)O)cc1. The van der Waals surface area contributed by atoms with Crippen LogP contribution in [0, 0.1) is 0 Å². The van der Waals surface area contributed by atoms with Crippen LogP contribution in [0.1, 0.15) is 19.8 Å². The minimum absolute atomic E-state index is 0.484. The molecule has 0 aliphatic carbocycles. The molecule has 1 rings (SSSR count). The maximum Gasteiger partial charge on any atom is 0.328 e. The number of ether oxygens (including phenoxy) is 1. The van der Waals surface area contributed by atoms with Crippen LogP contribution in [-0.4, -0.2) is 23.6 Å². The molecule has 5 nitrogen and oxygen atoms in total. The van der Waals surface area contributed by atoms with Crippen molar-refractivity contribution in [2.24, 2.45) is 0 Å². The third-order valence-corrected chi connectivity index (χ3v) is 2.27. The summed E-state index contributed by atoms with van der Waals surface area (Å²) in [6.45, 7) is 2.76. The Bertz CT molecular complexity index is 451. The van der Waals surface area contributed by atoms with Gasteiger partial charge in [-0.2, -0.15) is 0 Å². The second-order valence-corrected chi connectivity index (χ2v) is 3.89. The normalized spacial score (nSPS) is 10.4. The van der Waals surface area contributed by atoms with Crippen LogP contribution in [0.15, 0.2) is 36.4 Å².